The number of hydrogen-bond donors (Lipinski definition) is 1. The normalized spacial score (nSPS) is 23.0. The molecule has 0 radical (unpaired) electrons. The number of hydrogen-bond acceptors (Lipinski definition) is 5. The van der Waals surface area contributed by atoms with E-state index in [1.807, 2.05) is 24.5 Å². The Morgan fingerprint density at radius 1 is 1.13 bits per heavy atom. The summed E-state index contributed by atoms with van der Waals surface area (Å²) in [6.45, 7) is 3.39. The number of carbonyl (C=O) groups excluding carboxylic acids is 1. The van der Waals surface area contributed by atoms with Crippen LogP contribution in [-0.4, -0.2) is 44.0 Å². The third-order valence-electron chi connectivity index (χ3n) is 6.63. The molecule has 2 atom stereocenters. The lowest BCUT2D eigenvalue weighted by Gasteiger charge is -2.34. The molecule has 3 aliphatic rings. The van der Waals surface area contributed by atoms with Gasteiger partial charge < -0.3 is 9.87 Å². The number of Topliss-reactive ketones (excluding diaryl/α,β-unsaturated/α-hetero) is 1. The summed E-state index contributed by atoms with van der Waals surface area (Å²) in [6.07, 6.45) is 11.3. The summed E-state index contributed by atoms with van der Waals surface area (Å²) < 4.78 is 14.6. The molecule has 1 aromatic carbocycles. The summed E-state index contributed by atoms with van der Waals surface area (Å²) in [6, 6.07) is 10.5. The molecule has 6 heteroatoms. The van der Waals surface area contributed by atoms with Crippen LogP contribution in [0.1, 0.15) is 65.6 Å². The van der Waals surface area contributed by atoms with Gasteiger partial charge in [-0.15, -0.1) is 4.31 Å². The average Bonchev–Trinajstić information content (AvgIpc) is 3.65. The highest BCUT2D eigenvalue weighted by atomic mass is 32.2. The number of allylic oxidation sites excluding steroid dienone is 1. The average molecular weight is 436 g/mol. The fourth-order valence-electron chi connectivity index (χ4n) is 4.62. The summed E-state index contributed by atoms with van der Waals surface area (Å²) in [7, 11) is 0. The van der Waals surface area contributed by atoms with Crippen molar-refractivity contribution < 1.29 is 9.35 Å². The van der Waals surface area contributed by atoms with Gasteiger partial charge in [0, 0.05) is 78.5 Å². The molecular formula is C25H29N3O2S. The van der Waals surface area contributed by atoms with Gasteiger partial charge in [-0.2, -0.15) is 0 Å². The van der Waals surface area contributed by atoms with Gasteiger partial charge in [-0.05, 0) is 43.4 Å². The molecule has 0 spiro atoms. The van der Waals surface area contributed by atoms with Gasteiger partial charge in [0.05, 0.1) is 0 Å². The van der Waals surface area contributed by atoms with Crippen LogP contribution in [0.15, 0.2) is 48.8 Å². The summed E-state index contributed by atoms with van der Waals surface area (Å²) in [4.78, 5) is 16.0. The number of piperidine rings is 1. The van der Waals surface area contributed by atoms with Gasteiger partial charge in [-0.25, -0.2) is 0 Å². The van der Waals surface area contributed by atoms with Gasteiger partial charge in [-0.3, -0.25) is 9.78 Å². The maximum Gasteiger partial charge on any atom is 0.159 e. The zero-order chi connectivity index (χ0) is 21.4. The van der Waals surface area contributed by atoms with E-state index in [-0.39, 0.29) is 11.7 Å². The Hall–Kier alpha value is -2.15. The molecule has 1 N–H and O–H groups in total. The predicted molar refractivity (Wildman–Crippen MR) is 124 cm³/mol. The fourth-order valence-corrected chi connectivity index (χ4v) is 6.15. The van der Waals surface area contributed by atoms with Crippen molar-refractivity contribution in [3.63, 3.8) is 0 Å². The van der Waals surface area contributed by atoms with E-state index in [1.54, 1.807) is 6.92 Å². The molecule has 5 rings (SSSR count). The minimum absolute atomic E-state index is 0.0958. The minimum Gasteiger partial charge on any atom is -0.598 e. The van der Waals surface area contributed by atoms with E-state index in [9.17, 15) is 9.35 Å². The Bertz CT molecular complexity index is 979. The van der Waals surface area contributed by atoms with Crippen molar-refractivity contribution in [1.29, 1.82) is 0 Å². The second-order valence-electron chi connectivity index (χ2n) is 8.93. The maximum atomic E-state index is 12.5. The quantitative estimate of drug-likeness (QED) is 0.551. The number of nitrogens with one attached hydrogen (secondary N) is 1. The summed E-state index contributed by atoms with van der Waals surface area (Å²) in [5.74, 6) is 0.360. The van der Waals surface area contributed by atoms with Crippen molar-refractivity contribution in [3.05, 3.63) is 71.1 Å². The van der Waals surface area contributed by atoms with Gasteiger partial charge in [0.25, 0.3) is 0 Å². The number of benzene rings is 1. The smallest absolute Gasteiger partial charge is 0.159 e. The highest BCUT2D eigenvalue weighted by molar-refractivity contribution is 7.90. The van der Waals surface area contributed by atoms with Crippen LogP contribution < -0.4 is 5.32 Å². The Kier molecular flexibility index (Phi) is 5.87. The number of fused-ring (bicyclic) bond motifs is 1. The number of pyridine rings is 1. The molecule has 1 aromatic heterocycles. The van der Waals surface area contributed by atoms with Crippen molar-refractivity contribution in [3.8, 4) is 0 Å². The highest BCUT2D eigenvalue weighted by Crippen LogP contribution is 2.35. The van der Waals surface area contributed by atoms with E-state index in [0.29, 0.717) is 11.3 Å². The first kappa shape index (κ1) is 20.7. The van der Waals surface area contributed by atoms with Gasteiger partial charge in [0.15, 0.2) is 5.78 Å². The molecule has 2 unspecified atom stereocenters. The lowest BCUT2D eigenvalue weighted by atomic mass is 9.83. The summed E-state index contributed by atoms with van der Waals surface area (Å²) in [5.41, 5.74) is 5.61. The summed E-state index contributed by atoms with van der Waals surface area (Å²) >= 11 is -0.784. The molecule has 0 amide bonds. The van der Waals surface area contributed by atoms with Crippen LogP contribution in [0.5, 0.6) is 0 Å². The number of carbonyl (C=O) groups is 1. The standard InChI is InChI=1S/C25H29N3O2S/c1-17(29)18-2-4-19(5-3-18)21-14-20-8-11-26-16-24(20)25(15-21)27-22-9-12-28(13-10-22)31(30)23-6-7-23/h2-5,8,11,15-16,21-23,27H,6-7,9-10,12-14H2,1H3. The highest BCUT2D eigenvalue weighted by Gasteiger charge is 2.40. The topological polar surface area (TPSA) is 68.3 Å². The van der Waals surface area contributed by atoms with Crippen LogP contribution >= 0.6 is 0 Å². The predicted octanol–water partition coefficient (Wildman–Crippen LogP) is 3.85. The Balaban J connectivity index is 1.32. The molecule has 0 bridgehead atoms. The first-order chi connectivity index (χ1) is 15.1. The van der Waals surface area contributed by atoms with Crippen molar-refractivity contribution >= 4 is 22.8 Å². The van der Waals surface area contributed by atoms with Gasteiger partial charge in [-0.1, -0.05) is 30.3 Å². The van der Waals surface area contributed by atoms with Gasteiger partial charge in [0.1, 0.15) is 5.25 Å². The van der Waals surface area contributed by atoms with E-state index >= 15 is 0 Å². The van der Waals surface area contributed by atoms with E-state index in [0.717, 1.165) is 56.5 Å². The third-order valence-corrected chi connectivity index (χ3v) is 8.55. The molecule has 162 valence electrons. The molecule has 1 saturated carbocycles. The Labute approximate surface area is 187 Å². The molecule has 2 heterocycles. The van der Waals surface area contributed by atoms with E-state index in [1.165, 1.54) is 16.7 Å². The van der Waals surface area contributed by atoms with Crippen LogP contribution in [0, 0.1) is 0 Å². The van der Waals surface area contributed by atoms with Crippen molar-refractivity contribution in [1.82, 2.24) is 14.6 Å². The van der Waals surface area contributed by atoms with Crippen LogP contribution in [-0.2, 0) is 17.8 Å². The first-order valence-corrected chi connectivity index (χ1v) is 12.4. The number of ketones is 1. The number of rotatable bonds is 6. The number of aromatic nitrogens is 1. The molecule has 2 fully saturated rings. The van der Waals surface area contributed by atoms with E-state index < -0.39 is 11.4 Å². The maximum absolute atomic E-state index is 12.5. The van der Waals surface area contributed by atoms with E-state index in [4.69, 9.17) is 0 Å². The van der Waals surface area contributed by atoms with Crippen LogP contribution in [0.25, 0.3) is 5.70 Å². The zero-order valence-electron chi connectivity index (χ0n) is 17.9. The third kappa shape index (κ3) is 4.56. The monoisotopic (exact) mass is 435 g/mol. The molecule has 31 heavy (non-hydrogen) atoms. The SMILES string of the molecule is CC(=O)c1ccc(C2C=C(NC3CCN([S+]([O-])C4CC4)CC3)c3cnccc3C2)cc1. The summed E-state index contributed by atoms with van der Waals surface area (Å²) in [5, 5.41) is 4.20. The molecule has 1 saturated heterocycles. The van der Waals surface area contributed by atoms with E-state index in [2.05, 4.69) is 38.9 Å². The Morgan fingerprint density at radius 2 is 1.87 bits per heavy atom. The second-order valence-corrected chi connectivity index (χ2v) is 10.7. The fraction of sp³-hybridized carbons (Fsp3) is 0.440. The molecule has 2 aliphatic carbocycles. The molecular weight excluding hydrogens is 406 g/mol. The first-order valence-electron chi connectivity index (χ1n) is 11.3. The van der Waals surface area contributed by atoms with Crippen LogP contribution in [0.4, 0.5) is 0 Å². The van der Waals surface area contributed by atoms with Crippen LogP contribution in [0.3, 0.4) is 0 Å². The molecule has 5 nitrogen and oxygen atoms in total. The van der Waals surface area contributed by atoms with Crippen molar-refractivity contribution in [2.75, 3.05) is 13.1 Å². The zero-order valence-corrected chi connectivity index (χ0v) is 18.7. The van der Waals surface area contributed by atoms with Gasteiger partial charge >= 0.3 is 0 Å². The lowest BCUT2D eigenvalue weighted by Crippen LogP contribution is -2.45. The Morgan fingerprint density at radius 3 is 2.55 bits per heavy atom. The second kappa shape index (κ2) is 8.77. The number of nitrogens with zero attached hydrogens (tertiary/aromatic N) is 2. The lowest BCUT2D eigenvalue weighted by molar-refractivity contribution is 0.101. The molecule has 1 aliphatic heterocycles. The molecule has 2 aromatic rings. The van der Waals surface area contributed by atoms with Crippen molar-refractivity contribution in [2.45, 2.75) is 56.2 Å². The minimum atomic E-state index is -0.784. The van der Waals surface area contributed by atoms with Gasteiger partial charge in [0.2, 0.25) is 0 Å². The largest absolute Gasteiger partial charge is 0.598 e. The van der Waals surface area contributed by atoms with Crippen LogP contribution in [0.2, 0.25) is 0 Å². The van der Waals surface area contributed by atoms with Crippen molar-refractivity contribution in [2.24, 2.45) is 0 Å².